The molecule has 2 nitrogen and oxygen atoms in total. The normalized spacial score (nSPS) is 17.8. The maximum atomic E-state index is 6.08. The van der Waals surface area contributed by atoms with Gasteiger partial charge in [0.05, 0.1) is 10.8 Å². The fourth-order valence-corrected chi connectivity index (χ4v) is 4.15. The molecule has 1 saturated carbocycles. The van der Waals surface area contributed by atoms with Gasteiger partial charge in [0, 0.05) is 5.02 Å². The lowest BCUT2D eigenvalue weighted by molar-refractivity contribution is -0.678. The third kappa shape index (κ3) is 1.91. The zero-order valence-electron chi connectivity index (χ0n) is 12.8. The predicted molar refractivity (Wildman–Crippen MR) is 94.1 cm³/mol. The van der Waals surface area contributed by atoms with E-state index in [1.54, 1.807) is 0 Å². The van der Waals surface area contributed by atoms with E-state index in [4.69, 9.17) is 11.6 Å². The fraction of sp³-hybridized carbons (Fsp3) is 0.250. The number of pyridine rings is 1. The largest absolute Gasteiger partial charge is 0.282 e. The van der Waals surface area contributed by atoms with Crippen molar-refractivity contribution in [3.8, 4) is 0 Å². The van der Waals surface area contributed by atoms with Crippen LogP contribution in [-0.4, -0.2) is 6.54 Å². The lowest BCUT2D eigenvalue weighted by atomic mass is 9.90. The molecule has 1 fully saturated rings. The zero-order chi connectivity index (χ0) is 15.4. The van der Waals surface area contributed by atoms with Gasteiger partial charge in [0.2, 0.25) is 0 Å². The number of anilines is 1. The molecule has 0 amide bonds. The molecule has 114 valence electrons. The summed E-state index contributed by atoms with van der Waals surface area (Å²) in [5.74, 6) is 1.28. The predicted octanol–water partition coefficient (Wildman–Crippen LogP) is 4.29. The number of fused-ring (bicyclic) bond motifs is 3. The second-order valence-corrected chi connectivity index (χ2v) is 7.07. The van der Waals surface area contributed by atoms with Gasteiger partial charge in [0.1, 0.15) is 18.8 Å². The Hall–Kier alpha value is -2.06. The molecule has 1 aliphatic carbocycles. The van der Waals surface area contributed by atoms with E-state index in [1.807, 2.05) is 12.1 Å². The highest BCUT2D eigenvalue weighted by Gasteiger charge is 2.51. The van der Waals surface area contributed by atoms with Gasteiger partial charge in [-0.05, 0) is 48.1 Å². The first kappa shape index (κ1) is 13.4. The molecule has 2 aliphatic rings. The van der Waals surface area contributed by atoms with E-state index >= 15 is 0 Å². The second-order valence-electron chi connectivity index (χ2n) is 6.63. The third-order valence-corrected chi connectivity index (χ3v) is 5.59. The molecule has 0 bridgehead atoms. The maximum Gasteiger partial charge on any atom is 0.282 e. The Morgan fingerprint density at radius 1 is 1.00 bits per heavy atom. The Bertz CT molecular complexity index is 911. The Morgan fingerprint density at radius 3 is 2.57 bits per heavy atom. The van der Waals surface area contributed by atoms with Crippen LogP contribution < -0.4 is 9.88 Å². The molecule has 3 aromatic rings. The highest BCUT2D eigenvalue weighted by molar-refractivity contribution is 6.30. The van der Waals surface area contributed by atoms with E-state index in [0.717, 1.165) is 18.1 Å². The summed E-state index contributed by atoms with van der Waals surface area (Å²) in [7, 11) is 0. The van der Waals surface area contributed by atoms with E-state index in [2.05, 4.69) is 52.3 Å². The monoisotopic (exact) mass is 321 g/mol. The highest BCUT2D eigenvalue weighted by atomic mass is 35.5. The molecule has 0 saturated heterocycles. The summed E-state index contributed by atoms with van der Waals surface area (Å²) in [6, 6.07) is 19.5. The van der Waals surface area contributed by atoms with Crippen molar-refractivity contribution in [2.45, 2.75) is 24.8 Å². The molecule has 1 aromatic heterocycles. The molecule has 2 aromatic carbocycles. The lowest BCUT2D eigenvalue weighted by Gasteiger charge is -2.18. The maximum absolute atomic E-state index is 6.08. The van der Waals surface area contributed by atoms with Crippen molar-refractivity contribution in [2.75, 3.05) is 11.9 Å². The summed E-state index contributed by atoms with van der Waals surface area (Å²) < 4.78 is 2.49. The number of aromatic nitrogens is 1. The lowest BCUT2D eigenvalue weighted by Crippen LogP contribution is -2.40. The number of hydrogen-bond donors (Lipinski definition) is 1. The van der Waals surface area contributed by atoms with Crippen molar-refractivity contribution in [3.05, 3.63) is 70.9 Å². The molecule has 5 rings (SSSR count). The summed E-state index contributed by atoms with van der Waals surface area (Å²) in [6.07, 6.45) is 2.43. The van der Waals surface area contributed by atoms with Gasteiger partial charge in [-0.25, -0.2) is 4.57 Å². The molecule has 0 radical (unpaired) electrons. The summed E-state index contributed by atoms with van der Waals surface area (Å²) in [5.41, 5.74) is 2.99. The molecule has 1 aliphatic heterocycles. The van der Waals surface area contributed by atoms with Gasteiger partial charge in [-0.3, -0.25) is 5.32 Å². The van der Waals surface area contributed by atoms with Crippen LogP contribution in [0.25, 0.3) is 10.8 Å². The van der Waals surface area contributed by atoms with Crippen molar-refractivity contribution in [2.24, 2.45) is 0 Å². The highest BCUT2D eigenvalue weighted by Crippen LogP contribution is 2.53. The van der Waals surface area contributed by atoms with Crippen molar-refractivity contribution >= 4 is 28.2 Å². The number of halogens is 1. The molecule has 1 N–H and O–H groups in total. The van der Waals surface area contributed by atoms with Gasteiger partial charge in [0.25, 0.3) is 5.82 Å². The van der Waals surface area contributed by atoms with Gasteiger partial charge >= 0.3 is 0 Å². The molecule has 0 spiro atoms. The van der Waals surface area contributed by atoms with E-state index < -0.39 is 0 Å². The molecule has 3 heteroatoms. The number of rotatable bonds is 2. The molecule has 0 unspecified atom stereocenters. The second kappa shape index (κ2) is 4.72. The van der Waals surface area contributed by atoms with Gasteiger partial charge in [0.15, 0.2) is 0 Å². The Kier molecular flexibility index (Phi) is 2.75. The number of hydrogen-bond acceptors (Lipinski definition) is 1. The van der Waals surface area contributed by atoms with Gasteiger partial charge in [-0.2, -0.15) is 0 Å². The van der Waals surface area contributed by atoms with Crippen molar-refractivity contribution in [1.29, 1.82) is 0 Å². The SMILES string of the molecule is Clc1ccc(C2(c3cc4ccccc4c4[n+]3CCN4)CC2)cc1. The van der Waals surface area contributed by atoms with Crippen LogP contribution in [0.3, 0.4) is 0 Å². The molecule has 23 heavy (non-hydrogen) atoms. The van der Waals surface area contributed by atoms with E-state index in [1.165, 1.54) is 40.7 Å². The van der Waals surface area contributed by atoms with Crippen molar-refractivity contribution in [1.82, 2.24) is 0 Å². The average Bonchev–Trinajstić information content (AvgIpc) is 3.23. The van der Waals surface area contributed by atoms with Crippen LogP contribution in [0.2, 0.25) is 5.02 Å². The van der Waals surface area contributed by atoms with Crippen LogP contribution in [0.4, 0.5) is 5.82 Å². The Balaban J connectivity index is 1.76. The van der Waals surface area contributed by atoms with E-state index in [0.29, 0.717) is 0 Å². The fourth-order valence-electron chi connectivity index (χ4n) is 4.02. The minimum absolute atomic E-state index is 0.162. The molecular formula is C20H18ClN2+. The summed E-state index contributed by atoms with van der Waals surface area (Å²) in [6.45, 7) is 2.06. The number of nitrogens with one attached hydrogen (secondary N) is 1. The van der Waals surface area contributed by atoms with E-state index in [9.17, 15) is 0 Å². The van der Waals surface area contributed by atoms with E-state index in [-0.39, 0.29) is 5.41 Å². The van der Waals surface area contributed by atoms with Gasteiger partial charge in [-0.15, -0.1) is 0 Å². The summed E-state index contributed by atoms with van der Waals surface area (Å²) in [4.78, 5) is 0. The zero-order valence-corrected chi connectivity index (χ0v) is 13.6. The molecular weight excluding hydrogens is 304 g/mol. The minimum atomic E-state index is 0.162. The van der Waals surface area contributed by atoms with Crippen LogP contribution in [0.15, 0.2) is 54.6 Å². The van der Waals surface area contributed by atoms with Crippen LogP contribution in [0.1, 0.15) is 24.1 Å². The average molecular weight is 322 g/mol. The Labute approximate surface area is 140 Å². The van der Waals surface area contributed by atoms with Crippen molar-refractivity contribution in [3.63, 3.8) is 0 Å². The number of benzene rings is 2. The number of nitrogens with zero attached hydrogens (tertiary/aromatic N) is 1. The molecule has 2 heterocycles. The van der Waals surface area contributed by atoms with Gasteiger partial charge in [-0.1, -0.05) is 41.9 Å². The minimum Gasteiger partial charge on any atom is -0.270 e. The standard InChI is InChI=1S/C20H17ClN2/c21-16-7-5-15(6-8-16)20(9-10-20)18-13-14-3-1-2-4-17(14)19-22-11-12-23(18)19/h1-8,13H,9-12H2/p+1. The van der Waals surface area contributed by atoms with Crippen molar-refractivity contribution < 1.29 is 4.57 Å². The van der Waals surface area contributed by atoms with Crippen LogP contribution >= 0.6 is 11.6 Å². The first-order chi connectivity index (χ1) is 11.3. The van der Waals surface area contributed by atoms with Gasteiger partial charge < -0.3 is 0 Å². The molecule has 0 atom stereocenters. The summed E-state index contributed by atoms with van der Waals surface area (Å²) >= 11 is 6.08. The van der Waals surface area contributed by atoms with Crippen LogP contribution in [0, 0.1) is 0 Å². The topological polar surface area (TPSA) is 15.9 Å². The Morgan fingerprint density at radius 2 is 1.78 bits per heavy atom. The summed E-state index contributed by atoms with van der Waals surface area (Å²) in [5, 5.41) is 7.04. The third-order valence-electron chi connectivity index (χ3n) is 5.33. The first-order valence-electron chi connectivity index (χ1n) is 8.24. The van der Waals surface area contributed by atoms with Crippen LogP contribution in [0.5, 0.6) is 0 Å². The van der Waals surface area contributed by atoms with Crippen LogP contribution in [-0.2, 0) is 12.0 Å². The quantitative estimate of drug-likeness (QED) is 0.696. The first-order valence-corrected chi connectivity index (χ1v) is 8.62. The smallest absolute Gasteiger partial charge is 0.270 e.